The van der Waals surface area contributed by atoms with Crippen molar-refractivity contribution in [2.75, 3.05) is 42.4 Å². The van der Waals surface area contributed by atoms with E-state index in [0.717, 1.165) is 5.69 Å². The fourth-order valence-electron chi connectivity index (χ4n) is 2.57. The summed E-state index contributed by atoms with van der Waals surface area (Å²) in [6.45, 7) is 4.02. The molecule has 1 heterocycles. The number of hydrogen-bond donors (Lipinski definition) is 0. The molecule has 24 heavy (non-hydrogen) atoms. The summed E-state index contributed by atoms with van der Waals surface area (Å²) in [6.07, 6.45) is -0.893. The van der Waals surface area contributed by atoms with Gasteiger partial charge in [-0.3, -0.25) is 9.80 Å². The second-order valence-corrected chi connectivity index (χ2v) is 6.25. The van der Waals surface area contributed by atoms with Gasteiger partial charge < -0.3 is 14.2 Å². The maximum absolute atomic E-state index is 9.61. The molecule has 0 aliphatic carbocycles. The first-order chi connectivity index (χ1) is 11.3. The number of ether oxygens (including phenoxy) is 3. The number of nitriles is 1. The molecule has 1 atom stereocenters. The Morgan fingerprint density at radius 1 is 1.04 bits per heavy atom. The minimum Gasteiger partial charge on any atom is -0.491 e. The van der Waals surface area contributed by atoms with E-state index in [-0.39, 0.29) is 12.1 Å². The normalized spacial score (nSPS) is 12.6. The van der Waals surface area contributed by atoms with Crippen molar-refractivity contribution in [1.82, 2.24) is 14.8 Å². The number of pyridine rings is 1. The molecular formula is C17H28N4O3. The van der Waals surface area contributed by atoms with E-state index >= 15 is 0 Å². The summed E-state index contributed by atoms with van der Waals surface area (Å²) < 4.78 is 16.6. The Morgan fingerprint density at radius 2 is 1.62 bits per heavy atom. The van der Waals surface area contributed by atoms with Gasteiger partial charge in [0.05, 0.1) is 19.9 Å². The van der Waals surface area contributed by atoms with E-state index in [0.29, 0.717) is 17.4 Å². The van der Waals surface area contributed by atoms with Crippen LogP contribution in [-0.4, -0.2) is 69.5 Å². The molecule has 0 saturated heterocycles. The molecule has 0 N–H and O–H groups in total. The van der Waals surface area contributed by atoms with Crippen LogP contribution < -0.4 is 14.2 Å². The fourth-order valence-corrected chi connectivity index (χ4v) is 2.57. The van der Waals surface area contributed by atoms with Gasteiger partial charge in [0.2, 0.25) is 6.10 Å². The van der Waals surface area contributed by atoms with Crippen molar-refractivity contribution >= 4 is 0 Å². The van der Waals surface area contributed by atoms with Crippen molar-refractivity contribution in [2.24, 2.45) is 0 Å². The van der Waals surface area contributed by atoms with Crippen LogP contribution in [0.4, 0.5) is 0 Å². The SMILES string of the molecule is COc1cc(OC(C#N)C(N(C)C)N(C)C)c(C(C)C)nc1OC. The summed E-state index contributed by atoms with van der Waals surface area (Å²) in [5.41, 5.74) is 0.726. The lowest BCUT2D eigenvalue weighted by atomic mass is 10.1. The van der Waals surface area contributed by atoms with Gasteiger partial charge in [-0.25, -0.2) is 4.98 Å². The molecule has 0 aliphatic rings. The molecule has 0 aromatic carbocycles. The van der Waals surface area contributed by atoms with Crippen LogP contribution in [0.15, 0.2) is 6.07 Å². The zero-order valence-electron chi connectivity index (χ0n) is 15.8. The van der Waals surface area contributed by atoms with Gasteiger partial charge in [0.15, 0.2) is 5.75 Å². The number of likely N-dealkylation sites (N-methyl/N-ethyl adjacent to an activating group) is 2. The van der Waals surface area contributed by atoms with E-state index in [1.54, 1.807) is 20.3 Å². The predicted molar refractivity (Wildman–Crippen MR) is 92.6 cm³/mol. The highest BCUT2D eigenvalue weighted by Gasteiger charge is 2.29. The zero-order chi connectivity index (χ0) is 18.4. The highest BCUT2D eigenvalue weighted by molar-refractivity contribution is 5.45. The summed E-state index contributed by atoms with van der Waals surface area (Å²) in [6, 6.07) is 3.97. The Bertz CT molecular complexity index is 574. The smallest absolute Gasteiger partial charge is 0.257 e. The van der Waals surface area contributed by atoms with Gasteiger partial charge in [0.1, 0.15) is 18.0 Å². The van der Waals surface area contributed by atoms with Crippen LogP contribution in [0.3, 0.4) is 0 Å². The third-order valence-electron chi connectivity index (χ3n) is 3.62. The van der Waals surface area contributed by atoms with Crippen LogP contribution in [0, 0.1) is 11.3 Å². The summed E-state index contributed by atoms with van der Waals surface area (Å²) in [4.78, 5) is 8.37. The average Bonchev–Trinajstić information content (AvgIpc) is 2.52. The molecule has 134 valence electrons. The van der Waals surface area contributed by atoms with E-state index < -0.39 is 6.10 Å². The molecule has 0 fully saturated rings. The second-order valence-electron chi connectivity index (χ2n) is 6.25. The van der Waals surface area contributed by atoms with Gasteiger partial charge in [-0.15, -0.1) is 0 Å². The molecule has 0 radical (unpaired) electrons. The lowest BCUT2D eigenvalue weighted by molar-refractivity contribution is 0.0398. The van der Waals surface area contributed by atoms with Crippen molar-refractivity contribution in [3.8, 4) is 23.4 Å². The quantitative estimate of drug-likeness (QED) is 0.672. The van der Waals surface area contributed by atoms with Gasteiger partial charge in [0.25, 0.3) is 5.88 Å². The van der Waals surface area contributed by atoms with E-state index in [9.17, 15) is 5.26 Å². The maximum Gasteiger partial charge on any atom is 0.257 e. The topological polar surface area (TPSA) is 70.9 Å². The molecule has 0 aliphatic heterocycles. The van der Waals surface area contributed by atoms with Crippen molar-refractivity contribution in [1.29, 1.82) is 5.26 Å². The lowest BCUT2D eigenvalue weighted by Crippen LogP contribution is -2.50. The summed E-state index contributed by atoms with van der Waals surface area (Å²) in [5, 5.41) is 9.61. The second kappa shape index (κ2) is 8.71. The first-order valence-corrected chi connectivity index (χ1v) is 7.78. The van der Waals surface area contributed by atoms with Gasteiger partial charge >= 0.3 is 0 Å². The fraction of sp³-hybridized carbons (Fsp3) is 0.647. The summed E-state index contributed by atoms with van der Waals surface area (Å²) in [5.74, 6) is 1.51. The molecule has 1 aromatic heterocycles. The molecule has 1 unspecified atom stereocenters. The Labute approximate surface area is 144 Å². The van der Waals surface area contributed by atoms with Crippen LogP contribution >= 0.6 is 0 Å². The molecule has 0 amide bonds. The third-order valence-corrected chi connectivity index (χ3v) is 3.62. The number of rotatable bonds is 8. The van der Waals surface area contributed by atoms with Crippen LogP contribution in [-0.2, 0) is 0 Å². The molecule has 7 nitrogen and oxygen atoms in total. The van der Waals surface area contributed by atoms with Crippen molar-refractivity contribution in [3.63, 3.8) is 0 Å². The van der Waals surface area contributed by atoms with E-state index in [1.165, 1.54) is 0 Å². The van der Waals surface area contributed by atoms with Crippen LogP contribution in [0.5, 0.6) is 17.4 Å². The van der Waals surface area contributed by atoms with Gasteiger partial charge in [0, 0.05) is 6.07 Å². The Morgan fingerprint density at radius 3 is 2.00 bits per heavy atom. The number of hydrogen-bond acceptors (Lipinski definition) is 7. The molecular weight excluding hydrogens is 308 g/mol. The first kappa shape index (κ1) is 20.0. The van der Waals surface area contributed by atoms with Crippen molar-refractivity contribution < 1.29 is 14.2 Å². The number of aromatic nitrogens is 1. The number of nitrogens with zero attached hydrogens (tertiary/aromatic N) is 4. The third kappa shape index (κ3) is 4.49. The predicted octanol–water partition coefficient (Wildman–Crippen LogP) is 1.94. The first-order valence-electron chi connectivity index (χ1n) is 7.78. The standard InChI is InChI=1S/C17H28N4O3/c1-11(2)15-12(9-13(22-7)16(19-15)23-8)24-14(10-18)17(20(3)4)21(5)6/h9,11,14,17H,1-8H3. The maximum atomic E-state index is 9.61. The highest BCUT2D eigenvalue weighted by Crippen LogP contribution is 2.35. The highest BCUT2D eigenvalue weighted by atomic mass is 16.5. The van der Waals surface area contributed by atoms with Crippen molar-refractivity contribution in [3.05, 3.63) is 11.8 Å². The van der Waals surface area contributed by atoms with E-state index in [4.69, 9.17) is 14.2 Å². The molecule has 1 aromatic rings. The molecule has 1 rings (SSSR count). The van der Waals surface area contributed by atoms with Gasteiger partial charge in [-0.05, 0) is 34.1 Å². The Kier molecular flexibility index (Phi) is 7.26. The van der Waals surface area contributed by atoms with E-state index in [2.05, 4.69) is 11.1 Å². The largest absolute Gasteiger partial charge is 0.491 e. The van der Waals surface area contributed by atoms with Crippen molar-refractivity contribution in [2.45, 2.75) is 32.0 Å². The summed E-state index contributed by atoms with van der Waals surface area (Å²) in [7, 11) is 10.7. The van der Waals surface area contributed by atoms with Gasteiger partial charge in [-0.1, -0.05) is 13.8 Å². The molecule has 0 spiro atoms. The Hall–Kier alpha value is -2.04. The average molecular weight is 336 g/mol. The molecule has 7 heteroatoms. The zero-order valence-corrected chi connectivity index (χ0v) is 15.8. The monoisotopic (exact) mass is 336 g/mol. The number of methoxy groups -OCH3 is 2. The van der Waals surface area contributed by atoms with Crippen LogP contribution in [0.1, 0.15) is 25.5 Å². The van der Waals surface area contributed by atoms with E-state index in [1.807, 2.05) is 51.8 Å². The summed E-state index contributed by atoms with van der Waals surface area (Å²) >= 11 is 0. The molecule has 0 bridgehead atoms. The lowest BCUT2D eigenvalue weighted by Gasteiger charge is -2.34. The Balaban J connectivity index is 3.31. The minimum absolute atomic E-state index is 0.108. The van der Waals surface area contributed by atoms with Crippen LogP contribution in [0.2, 0.25) is 0 Å². The van der Waals surface area contributed by atoms with Gasteiger partial charge in [-0.2, -0.15) is 5.26 Å². The molecule has 0 saturated carbocycles. The minimum atomic E-state index is -0.688. The van der Waals surface area contributed by atoms with Crippen LogP contribution in [0.25, 0.3) is 0 Å².